The molecule has 6 nitrogen and oxygen atoms in total. The number of carboxylic acids is 2. The van der Waals surface area contributed by atoms with Gasteiger partial charge in [-0.15, -0.1) is 0 Å². The van der Waals surface area contributed by atoms with E-state index in [-0.39, 0.29) is 18.0 Å². The number of ether oxygens (including phenoxy) is 1. The van der Waals surface area contributed by atoms with Gasteiger partial charge in [0.05, 0.1) is 5.56 Å². The first-order chi connectivity index (χ1) is 20.5. The lowest BCUT2D eigenvalue weighted by Crippen LogP contribution is -2.31. The van der Waals surface area contributed by atoms with Gasteiger partial charge in [-0.3, -0.25) is 4.79 Å². The number of nitrogens with one attached hydrogen (secondary N) is 1. The lowest BCUT2D eigenvalue weighted by atomic mass is 9.99. The minimum atomic E-state index is -0.943. The maximum absolute atomic E-state index is 11.2. The minimum Gasteiger partial charge on any atom is -0.489 e. The summed E-state index contributed by atoms with van der Waals surface area (Å²) in [4.78, 5) is 22.2. The molecule has 0 aliphatic heterocycles. The van der Waals surface area contributed by atoms with Crippen molar-refractivity contribution >= 4 is 11.9 Å². The van der Waals surface area contributed by atoms with E-state index in [1.165, 1.54) is 11.1 Å². The van der Waals surface area contributed by atoms with Crippen molar-refractivity contribution in [2.45, 2.75) is 64.1 Å². The average Bonchev–Trinajstić information content (AvgIpc) is 3.01. The van der Waals surface area contributed by atoms with Crippen molar-refractivity contribution in [2.75, 3.05) is 0 Å². The van der Waals surface area contributed by atoms with Gasteiger partial charge < -0.3 is 20.3 Å². The molecule has 0 aromatic heterocycles. The molecule has 4 rings (SSSR count). The molecule has 6 heteroatoms. The van der Waals surface area contributed by atoms with Crippen LogP contribution in [0.5, 0.6) is 5.75 Å². The third kappa shape index (κ3) is 10.2. The van der Waals surface area contributed by atoms with Crippen LogP contribution in [0.2, 0.25) is 0 Å². The molecule has 218 valence electrons. The van der Waals surface area contributed by atoms with E-state index < -0.39 is 11.9 Å². The van der Waals surface area contributed by atoms with E-state index in [1.54, 1.807) is 12.1 Å². The van der Waals surface area contributed by atoms with Crippen molar-refractivity contribution in [1.29, 1.82) is 0 Å². The summed E-state index contributed by atoms with van der Waals surface area (Å²) in [6.45, 7) is 1.06. The number of carboxylic acid groups (broad SMARTS) is 2. The van der Waals surface area contributed by atoms with E-state index in [2.05, 4.69) is 59.9 Å². The van der Waals surface area contributed by atoms with Crippen LogP contribution in [0, 0.1) is 0 Å². The molecule has 0 amide bonds. The zero-order valence-electron chi connectivity index (χ0n) is 23.9. The van der Waals surface area contributed by atoms with Crippen molar-refractivity contribution in [3.63, 3.8) is 0 Å². The smallest absolute Gasteiger partial charge is 0.335 e. The first kappa shape index (κ1) is 30.5. The average molecular weight is 566 g/mol. The van der Waals surface area contributed by atoms with Gasteiger partial charge in [0.1, 0.15) is 12.4 Å². The standard InChI is InChI=1S/C36H39NO5/c38-35(39)13-7-5-11-33(37-25-29-20-22-31(23-21-29)36(40)41)24-32-10-4-6-12-34(32)42-26-30-18-16-28(17-19-30)15-14-27-8-2-1-3-9-27/h1-4,6,8-10,12,16-23,33,37H,5,7,11,13-15,24-26H2,(H,38,39)(H,40,41). The van der Waals surface area contributed by atoms with Gasteiger partial charge in [-0.25, -0.2) is 4.79 Å². The Kier molecular flexibility index (Phi) is 11.7. The number of benzene rings is 4. The molecule has 0 heterocycles. The van der Waals surface area contributed by atoms with Crippen LogP contribution >= 0.6 is 0 Å². The van der Waals surface area contributed by atoms with Gasteiger partial charge in [0, 0.05) is 19.0 Å². The normalized spacial score (nSPS) is 11.6. The highest BCUT2D eigenvalue weighted by molar-refractivity contribution is 5.87. The molecule has 0 aliphatic rings. The predicted molar refractivity (Wildman–Crippen MR) is 165 cm³/mol. The van der Waals surface area contributed by atoms with Crippen LogP contribution in [0.3, 0.4) is 0 Å². The first-order valence-electron chi connectivity index (χ1n) is 14.6. The molecule has 42 heavy (non-hydrogen) atoms. The van der Waals surface area contributed by atoms with Gasteiger partial charge in [-0.05, 0) is 78.1 Å². The summed E-state index contributed by atoms with van der Waals surface area (Å²) in [6.07, 6.45) is 5.14. The number of unbranched alkanes of at least 4 members (excludes halogenated alkanes) is 1. The Morgan fingerprint density at radius 1 is 0.690 bits per heavy atom. The van der Waals surface area contributed by atoms with Gasteiger partial charge in [0.2, 0.25) is 0 Å². The second-order valence-corrected chi connectivity index (χ2v) is 10.6. The zero-order chi connectivity index (χ0) is 29.6. The first-order valence-corrected chi connectivity index (χ1v) is 14.6. The van der Waals surface area contributed by atoms with E-state index in [0.717, 1.165) is 54.5 Å². The Bertz CT molecular complexity index is 1400. The molecule has 3 N–H and O–H groups in total. The number of aromatic carboxylic acids is 1. The Morgan fingerprint density at radius 3 is 2.00 bits per heavy atom. The number of aryl methyl sites for hydroxylation is 2. The van der Waals surface area contributed by atoms with Crippen LogP contribution in [0.4, 0.5) is 0 Å². The molecule has 0 spiro atoms. The maximum Gasteiger partial charge on any atom is 0.335 e. The summed E-state index contributed by atoms with van der Waals surface area (Å²) in [5, 5.41) is 21.8. The van der Waals surface area contributed by atoms with Crippen molar-refractivity contribution in [2.24, 2.45) is 0 Å². The molecule has 4 aromatic rings. The zero-order valence-corrected chi connectivity index (χ0v) is 23.9. The van der Waals surface area contributed by atoms with Crippen LogP contribution < -0.4 is 10.1 Å². The topological polar surface area (TPSA) is 95.9 Å². The highest BCUT2D eigenvalue weighted by Gasteiger charge is 2.14. The quantitative estimate of drug-likeness (QED) is 0.118. The third-order valence-electron chi connectivity index (χ3n) is 7.39. The van der Waals surface area contributed by atoms with Crippen molar-refractivity contribution in [3.8, 4) is 5.75 Å². The fourth-order valence-electron chi connectivity index (χ4n) is 4.95. The lowest BCUT2D eigenvalue weighted by Gasteiger charge is -2.21. The predicted octanol–water partition coefficient (Wildman–Crippen LogP) is 7.09. The number of para-hydroxylation sites is 1. The number of hydrogen-bond acceptors (Lipinski definition) is 4. The van der Waals surface area contributed by atoms with Gasteiger partial charge in [0.25, 0.3) is 0 Å². The lowest BCUT2D eigenvalue weighted by molar-refractivity contribution is -0.137. The number of aliphatic carboxylic acids is 1. The summed E-state index contributed by atoms with van der Waals surface area (Å²) >= 11 is 0. The van der Waals surface area contributed by atoms with Gasteiger partial charge >= 0.3 is 11.9 Å². The second-order valence-electron chi connectivity index (χ2n) is 10.6. The van der Waals surface area contributed by atoms with Crippen molar-refractivity contribution in [3.05, 3.63) is 137 Å². The van der Waals surface area contributed by atoms with Crippen LogP contribution in [0.25, 0.3) is 0 Å². The molecule has 1 atom stereocenters. The maximum atomic E-state index is 11.2. The molecular formula is C36H39NO5. The fraction of sp³-hybridized carbons (Fsp3) is 0.278. The summed E-state index contributed by atoms with van der Waals surface area (Å²) in [5.74, 6) is -0.878. The Morgan fingerprint density at radius 2 is 1.31 bits per heavy atom. The minimum absolute atomic E-state index is 0.103. The van der Waals surface area contributed by atoms with Crippen LogP contribution in [0.1, 0.15) is 63.9 Å². The number of rotatable bonds is 17. The molecule has 0 saturated heterocycles. The fourth-order valence-corrected chi connectivity index (χ4v) is 4.95. The molecule has 4 aromatic carbocycles. The SMILES string of the molecule is O=C(O)CCCCC(Cc1ccccc1OCc1ccc(CCc2ccccc2)cc1)NCc1ccc(C(=O)O)cc1. The molecular weight excluding hydrogens is 526 g/mol. The summed E-state index contributed by atoms with van der Waals surface area (Å²) in [7, 11) is 0. The summed E-state index contributed by atoms with van der Waals surface area (Å²) in [6, 6.07) is 34.2. The number of carbonyl (C=O) groups is 2. The van der Waals surface area contributed by atoms with E-state index in [1.807, 2.05) is 36.4 Å². The molecule has 0 aliphatic carbocycles. The Labute approximate surface area is 248 Å². The molecule has 1 unspecified atom stereocenters. The van der Waals surface area contributed by atoms with Crippen LogP contribution in [0.15, 0.2) is 103 Å². The van der Waals surface area contributed by atoms with E-state index >= 15 is 0 Å². The summed E-state index contributed by atoms with van der Waals surface area (Å²) < 4.78 is 6.29. The molecule has 0 bridgehead atoms. The van der Waals surface area contributed by atoms with Gasteiger partial charge in [-0.1, -0.05) is 91.3 Å². The van der Waals surface area contributed by atoms with Crippen molar-refractivity contribution in [1.82, 2.24) is 5.32 Å². The Hall–Kier alpha value is -4.42. The largest absolute Gasteiger partial charge is 0.489 e. The van der Waals surface area contributed by atoms with E-state index in [4.69, 9.17) is 14.9 Å². The Balaban J connectivity index is 1.35. The molecule has 0 fully saturated rings. The molecule has 0 saturated carbocycles. The van der Waals surface area contributed by atoms with Gasteiger partial charge in [0.15, 0.2) is 0 Å². The highest BCUT2D eigenvalue weighted by atomic mass is 16.5. The number of hydrogen-bond donors (Lipinski definition) is 3. The van der Waals surface area contributed by atoms with Crippen molar-refractivity contribution < 1.29 is 24.5 Å². The van der Waals surface area contributed by atoms with E-state index in [9.17, 15) is 9.59 Å². The monoisotopic (exact) mass is 565 g/mol. The van der Waals surface area contributed by atoms with Gasteiger partial charge in [-0.2, -0.15) is 0 Å². The summed E-state index contributed by atoms with van der Waals surface area (Å²) in [5.41, 5.74) is 6.10. The highest BCUT2D eigenvalue weighted by Crippen LogP contribution is 2.23. The second kappa shape index (κ2) is 16.1. The van der Waals surface area contributed by atoms with Crippen LogP contribution in [-0.4, -0.2) is 28.2 Å². The third-order valence-corrected chi connectivity index (χ3v) is 7.39. The van der Waals surface area contributed by atoms with E-state index in [0.29, 0.717) is 19.6 Å². The molecule has 0 radical (unpaired) electrons. The van der Waals surface area contributed by atoms with Crippen LogP contribution in [-0.2, 0) is 37.2 Å².